The van der Waals surface area contributed by atoms with Gasteiger partial charge >= 0.3 is 6.36 Å². The summed E-state index contributed by atoms with van der Waals surface area (Å²) in [4.78, 5) is 28.5. The van der Waals surface area contributed by atoms with E-state index in [9.17, 15) is 22.8 Å². The molecule has 0 saturated heterocycles. The van der Waals surface area contributed by atoms with Crippen molar-refractivity contribution in [2.75, 3.05) is 7.05 Å². The number of alkyl halides is 3. The molecule has 0 radical (unpaired) electrons. The number of nitrogens with one attached hydrogen (secondary N) is 2. The molecular weight excluding hydrogens is 463 g/mol. The molecule has 0 saturated carbocycles. The predicted molar refractivity (Wildman–Crippen MR) is 121 cm³/mol. The Kier molecular flexibility index (Phi) is 6.90. The molecule has 0 fully saturated rings. The highest BCUT2D eigenvalue weighted by atomic mass is 19.4. The molecule has 4 rings (SSSR count). The van der Waals surface area contributed by atoms with Crippen LogP contribution < -0.4 is 20.1 Å². The normalized spacial score (nSPS) is 15.0. The summed E-state index contributed by atoms with van der Waals surface area (Å²) in [5.74, 6) is -0.217. The van der Waals surface area contributed by atoms with Gasteiger partial charge in [0.15, 0.2) is 0 Å². The first kappa shape index (κ1) is 24.1. The van der Waals surface area contributed by atoms with Gasteiger partial charge in [0.2, 0.25) is 0 Å². The van der Waals surface area contributed by atoms with Crippen LogP contribution in [-0.4, -0.2) is 36.3 Å². The maximum Gasteiger partial charge on any atom is 0.573 e. The van der Waals surface area contributed by atoms with Gasteiger partial charge in [-0.3, -0.25) is 14.6 Å². The van der Waals surface area contributed by atoms with E-state index in [1.165, 1.54) is 31.4 Å². The second kappa shape index (κ2) is 10.0. The van der Waals surface area contributed by atoms with Gasteiger partial charge in [0, 0.05) is 30.9 Å². The third-order valence-corrected chi connectivity index (χ3v) is 5.50. The number of hydrogen-bond donors (Lipinski definition) is 2. The minimum Gasteiger partial charge on any atom is -0.457 e. The highest BCUT2D eigenvalue weighted by Gasteiger charge is 2.31. The average Bonchev–Trinajstić information content (AvgIpc) is 2.82. The summed E-state index contributed by atoms with van der Waals surface area (Å²) in [5, 5.41) is 5.40. The molecule has 1 aromatic heterocycles. The Balaban J connectivity index is 1.43. The molecule has 0 aliphatic heterocycles. The zero-order valence-electron chi connectivity index (χ0n) is 18.7. The fraction of sp³-hybridized carbons (Fsp3) is 0.240. The number of halogens is 3. The van der Waals surface area contributed by atoms with Crippen LogP contribution in [0.15, 0.2) is 60.8 Å². The van der Waals surface area contributed by atoms with Crippen molar-refractivity contribution in [3.63, 3.8) is 0 Å². The van der Waals surface area contributed by atoms with Crippen LogP contribution in [0.3, 0.4) is 0 Å². The molecule has 2 aromatic carbocycles. The average molecular weight is 485 g/mol. The molecule has 3 aromatic rings. The van der Waals surface area contributed by atoms with Crippen LogP contribution >= 0.6 is 0 Å². The second-order valence-electron chi connectivity index (χ2n) is 7.98. The molecule has 0 spiro atoms. The van der Waals surface area contributed by atoms with Crippen LogP contribution in [0.2, 0.25) is 0 Å². The summed E-state index contributed by atoms with van der Waals surface area (Å²) in [6.07, 6.45) is -1.39. The Hall–Kier alpha value is -4.08. The van der Waals surface area contributed by atoms with Crippen LogP contribution in [-0.2, 0) is 12.8 Å². The lowest BCUT2D eigenvalue weighted by molar-refractivity contribution is -0.274. The molecule has 1 atom stereocenters. The van der Waals surface area contributed by atoms with E-state index < -0.39 is 18.0 Å². The first-order chi connectivity index (χ1) is 16.7. The molecule has 1 aliphatic rings. The van der Waals surface area contributed by atoms with E-state index in [0.717, 1.165) is 29.7 Å². The number of ether oxygens (including phenoxy) is 2. The van der Waals surface area contributed by atoms with Crippen LogP contribution in [0.4, 0.5) is 13.2 Å². The van der Waals surface area contributed by atoms with Crippen LogP contribution in [0.25, 0.3) is 0 Å². The number of benzene rings is 2. The fourth-order valence-electron chi connectivity index (χ4n) is 3.89. The Labute approximate surface area is 199 Å². The molecular formula is C25H22F3N3O4. The number of rotatable bonds is 6. The first-order valence-electron chi connectivity index (χ1n) is 10.8. The SMILES string of the molecule is CNC(=O)c1cc(Oc2ccc3c(c2)CC(NC(=O)c2cccc(OC(F)(F)F)c2)CC3)ccn1. The van der Waals surface area contributed by atoms with Gasteiger partial charge in [-0.2, -0.15) is 0 Å². The van der Waals surface area contributed by atoms with E-state index in [2.05, 4.69) is 20.4 Å². The smallest absolute Gasteiger partial charge is 0.457 e. The Bertz CT molecular complexity index is 1250. The monoisotopic (exact) mass is 485 g/mol. The van der Waals surface area contributed by atoms with Gasteiger partial charge in [0.1, 0.15) is 22.9 Å². The number of carbonyl (C=O) groups excluding carboxylic acids is 2. The maximum atomic E-state index is 12.7. The largest absolute Gasteiger partial charge is 0.573 e. The van der Waals surface area contributed by atoms with Crippen LogP contribution in [0.1, 0.15) is 38.4 Å². The lowest BCUT2D eigenvalue weighted by Gasteiger charge is -2.26. The minimum absolute atomic E-state index is 0.0826. The molecule has 1 aliphatic carbocycles. The van der Waals surface area contributed by atoms with Crippen molar-refractivity contribution < 1.29 is 32.2 Å². The molecule has 35 heavy (non-hydrogen) atoms. The summed E-state index contributed by atoms with van der Waals surface area (Å²) in [5.41, 5.74) is 2.44. The van der Waals surface area contributed by atoms with Crippen molar-refractivity contribution in [1.82, 2.24) is 15.6 Å². The molecule has 0 bridgehead atoms. The van der Waals surface area contributed by atoms with E-state index in [0.29, 0.717) is 24.3 Å². The highest BCUT2D eigenvalue weighted by Crippen LogP contribution is 2.29. The number of carbonyl (C=O) groups is 2. The fourth-order valence-corrected chi connectivity index (χ4v) is 3.89. The molecule has 182 valence electrons. The third kappa shape index (κ3) is 6.28. The van der Waals surface area contributed by atoms with Gasteiger partial charge in [0.25, 0.3) is 11.8 Å². The van der Waals surface area contributed by atoms with Gasteiger partial charge in [0.05, 0.1) is 0 Å². The summed E-state index contributed by atoms with van der Waals surface area (Å²) in [6.45, 7) is 0. The lowest BCUT2D eigenvalue weighted by Crippen LogP contribution is -2.38. The number of aromatic nitrogens is 1. The number of nitrogens with zero attached hydrogens (tertiary/aromatic N) is 1. The van der Waals surface area contributed by atoms with Crippen molar-refractivity contribution in [3.8, 4) is 17.2 Å². The number of fused-ring (bicyclic) bond motifs is 1. The van der Waals surface area contributed by atoms with Gasteiger partial charge in [-0.15, -0.1) is 13.2 Å². The highest BCUT2D eigenvalue weighted by molar-refractivity contribution is 5.94. The number of amides is 2. The second-order valence-corrected chi connectivity index (χ2v) is 7.98. The van der Waals surface area contributed by atoms with Crippen LogP contribution in [0, 0.1) is 0 Å². The van der Waals surface area contributed by atoms with Crippen LogP contribution in [0.5, 0.6) is 17.2 Å². The van der Waals surface area contributed by atoms with E-state index in [4.69, 9.17) is 4.74 Å². The molecule has 1 unspecified atom stereocenters. The quantitative estimate of drug-likeness (QED) is 0.540. The number of pyridine rings is 1. The molecule has 7 nitrogen and oxygen atoms in total. The summed E-state index contributed by atoms with van der Waals surface area (Å²) >= 11 is 0. The zero-order valence-corrected chi connectivity index (χ0v) is 18.7. The molecule has 1 heterocycles. The molecule has 2 amide bonds. The summed E-state index contributed by atoms with van der Waals surface area (Å²) in [6, 6.07) is 13.6. The van der Waals surface area contributed by atoms with Crippen molar-refractivity contribution in [2.24, 2.45) is 0 Å². The van der Waals surface area contributed by atoms with Crippen molar-refractivity contribution in [2.45, 2.75) is 31.7 Å². The van der Waals surface area contributed by atoms with Crippen molar-refractivity contribution in [3.05, 3.63) is 83.2 Å². The Morgan fingerprint density at radius 3 is 2.54 bits per heavy atom. The van der Waals surface area contributed by atoms with Gasteiger partial charge < -0.3 is 20.1 Å². The first-order valence-corrected chi connectivity index (χ1v) is 10.8. The van der Waals surface area contributed by atoms with Gasteiger partial charge in [-0.05, 0) is 66.8 Å². The van der Waals surface area contributed by atoms with E-state index in [1.807, 2.05) is 18.2 Å². The lowest BCUT2D eigenvalue weighted by atomic mass is 9.88. The minimum atomic E-state index is -4.83. The molecule has 10 heteroatoms. The Morgan fingerprint density at radius 2 is 1.77 bits per heavy atom. The maximum absolute atomic E-state index is 12.7. The standard InChI is InChI=1S/C25H22F3N3O4/c1-29-24(33)22-14-20(9-10-30-22)34-19-8-6-15-5-7-18(11-17(15)13-19)31-23(32)16-3-2-4-21(12-16)35-25(26,27)28/h2-4,6,8-10,12-14,18H,5,7,11H2,1H3,(H,29,33)(H,31,32). The van der Waals surface area contributed by atoms with Gasteiger partial charge in [-0.25, -0.2) is 0 Å². The number of hydrogen-bond acceptors (Lipinski definition) is 5. The Morgan fingerprint density at radius 1 is 0.971 bits per heavy atom. The van der Waals surface area contributed by atoms with Crippen molar-refractivity contribution >= 4 is 11.8 Å². The van der Waals surface area contributed by atoms with Crippen molar-refractivity contribution in [1.29, 1.82) is 0 Å². The zero-order chi connectivity index (χ0) is 25.0. The topological polar surface area (TPSA) is 89.6 Å². The third-order valence-electron chi connectivity index (χ3n) is 5.50. The van der Waals surface area contributed by atoms with E-state index in [-0.39, 0.29) is 23.2 Å². The number of aryl methyl sites for hydroxylation is 1. The predicted octanol–water partition coefficient (Wildman–Crippen LogP) is 4.42. The van der Waals surface area contributed by atoms with Gasteiger partial charge in [-0.1, -0.05) is 12.1 Å². The summed E-state index contributed by atoms with van der Waals surface area (Å²) in [7, 11) is 1.52. The summed E-state index contributed by atoms with van der Waals surface area (Å²) < 4.78 is 47.2. The molecule has 2 N–H and O–H groups in total. The van der Waals surface area contributed by atoms with E-state index >= 15 is 0 Å². The van der Waals surface area contributed by atoms with E-state index in [1.54, 1.807) is 6.07 Å².